The zero-order chi connectivity index (χ0) is 13.7. The first-order valence-electron chi connectivity index (χ1n) is 6.07. The van der Waals surface area contributed by atoms with Gasteiger partial charge >= 0.3 is 0 Å². The summed E-state index contributed by atoms with van der Waals surface area (Å²) in [6.45, 7) is 7.81. The van der Waals surface area contributed by atoms with E-state index in [0.29, 0.717) is 11.5 Å². The van der Waals surface area contributed by atoms with Gasteiger partial charge in [-0.2, -0.15) is 0 Å². The van der Waals surface area contributed by atoms with Gasteiger partial charge in [-0.15, -0.1) is 6.58 Å². The van der Waals surface area contributed by atoms with Crippen LogP contribution in [-0.4, -0.2) is 19.3 Å². The van der Waals surface area contributed by atoms with Crippen LogP contribution < -0.4 is 9.47 Å². The maximum absolute atomic E-state index is 10.3. The zero-order valence-corrected chi connectivity index (χ0v) is 11.5. The lowest BCUT2D eigenvalue weighted by molar-refractivity contribution is 0.0985. The molecule has 0 aromatic heterocycles. The quantitative estimate of drug-likeness (QED) is 0.788. The Morgan fingerprint density at radius 2 is 1.78 bits per heavy atom. The standard InChI is InChI=1S/C15H22O3/c1-6-10(2)11(3)15(16)12-7-8-13(17-4)14(9-12)18-5/h6-11,15-16H,1H2,2-5H3/t10-,11+,15+/m0/s1. The molecule has 0 saturated heterocycles. The summed E-state index contributed by atoms with van der Waals surface area (Å²) in [6, 6.07) is 5.48. The predicted molar refractivity (Wildman–Crippen MR) is 73.0 cm³/mol. The van der Waals surface area contributed by atoms with Gasteiger partial charge in [0, 0.05) is 0 Å². The summed E-state index contributed by atoms with van der Waals surface area (Å²) in [6.07, 6.45) is 1.31. The van der Waals surface area contributed by atoms with Gasteiger partial charge in [0.25, 0.3) is 0 Å². The third-order valence-electron chi connectivity index (χ3n) is 3.45. The molecule has 0 radical (unpaired) electrons. The average molecular weight is 250 g/mol. The van der Waals surface area contributed by atoms with E-state index in [1.165, 1.54) is 0 Å². The van der Waals surface area contributed by atoms with E-state index in [2.05, 4.69) is 6.58 Å². The number of methoxy groups -OCH3 is 2. The first-order valence-corrected chi connectivity index (χ1v) is 6.07. The molecule has 0 bridgehead atoms. The molecular formula is C15H22O3. The summed E-state index contributed by atoms with van der Waals surface area (Å²) in [5.74, 6) is 1.64. The van der Waals surface area contributed by atoms with Crippen LogP contribution >= 0.6 is 0 Å². The van der Waals surface area contributed by atoms with E-state index < -0.39 is 6.10 Å². The van der Waals surface area contributed by atoms with Crippen molar-refractivity contribution in [1.29, 1.82) is 0 Å². The van der Waals surface area contributed by atoms with Crippen molar-refractivity contribution in [3.8, 4) is 11.5 Å². The smallest absolute Gasteiger partial charge is 0.161 e. The molecule has 0 spiro atoms. The molecule has 1 N–H and O–H groups in total. The highest BCUT2D eigenvalue weighted by Crippen LogP contribution is 2.34. The monoisotopic (exact) mass is 250 g/mol. The number of hydrogen-bond acceptors (Lipinski definition) is 3. The molecule has 3 heteroatoms. The largest absolute Gasteiger partial charge is 0.493 e. The fourth-order valence-electron chi connectivity index (χ4n) is 1.84. The second-order valence-electron chi connectivity index (χ2n) is 4.51. The van der Waals surface area contributed by atoms with E-state index >= 15 is 0 Å². The van der Waals surface area contributed by atoms with E-state index in [1.807, 2.05) is 38.1 Å². The lowest BCUT2D eigenvalue weighted by Gasteiger charge is -2.23. The topological polar surface area (TPSA) is 38.7 Å². The molecule has 0 saturated carbocycles. The number of aliphatic hydroxyl groups excluding tert-OH is 1. The van der Waals surface area contributed by atoms with Gasteiger partial charge in [-0.1, -0.05) is 26.0 Å². The van der Waals surface area contributed by atoms with Crippen molar-refractivity contribution in [1.82, 2.24) is 0 Å². The van der Waals surface area contributed by atoms with E-state index in [9.17, 15) is 5.11 Å². The van der Waals surface area contributed by atoms with Crippen molar-refractivity contribution in [2.24, 2.45) is 11.8 Å². The lowest BCUT2D eigenvalue weighted by atomic mass is 9.87. The Morgan fingerprint density at radius 3 is 2.28 bits per heavy atom. The van der Waals surface area contributed by atoms with E-state index in [4.69, 9.17) is 9.47 Å². The highest BCUT2D eigenvalue weighted by atomic mass is 16.5. The average Bonchev–Trinajstić information content (AvgIpc) is 2.43. The third kappa shape index (κ3) is 3.05. The van der Waals surface area contributed by atoms with Crippen LogP contribution in [-0.2, 0) is 0 Å². The van der Waals surface area contributed by atoms with Gasteiger partial charge in [-0.25, -0.2) is 0 Å². The molecule has 0 amide bonds. The van der Waals surface area contributed by atoms with Crippen LogP contribution in [0, 0.1) is 11.8 Å². The summed E-state index contributed by atoms with van der Waals surface area (Å²) in [5, 5.41) is 10.3. The van der Waals surface area contributed by atoms with Crippen molar-refractivity contribution < 1.29 is 14.6 Å². The van der Waals surface area contributed by atoms with Gasteiger partial charge in [0.05, 0.1) is 20.3 Å². The number of hydrogen-bond donors (Lipinski definition) is 1. The van der Waals surface area contributed by atoms with Gasteiger partial charge in [0.15, 0.2) is 11.5 Å². The molecule has 1 rings (SSSR count). The molecule has 0 heterocycles. The predicted octanol–water partition coefficient (Wildman–Crippen LogP) is 3.20. The number of benzene rings is 1. The van der Waals surface area contributed by atoms with Crippen LogP contribution in [0.3, 0.4) is 0 Å². The van der Waals surface area contributed by atoms with Crippen LogP contribution in [0.1, 0.15) is 25.5 Å². The van der Waals surface area contributed by atoms with Gasteiger partial charge < -0.3 is 14.6 Å². The Bertz CT molecular complexity index is 401. The Kier molecular flexibility index (Phi) is 5.23. The van der Waals surface area contributed by atoms with Gasteiger partial charge in [0.1, 0.15) is 0 Å². The summed E-state index contributed by atoms with van der Waals surface area (Å²) in [7, 11) is 3.18. The fourth-order valence-corrected chi connectivity index (χ4v) is 1.84. The van der Waals surface area contributed by atoms with Gasteiger partial charge in [-0.3, -0.25) is 0 Å². The van der Waals surface area contributed by atoms with Crippen LogP contribution in [0.5, 0.6) is 11.5 Å². The second kappa shape index (κ2) is 6.45. The van der Waals surface area contributed by atoms with E-state index in [-0.39, 0.29) is 11.8 Å². The minimum atomic E-state index is -0.544. The first-order chi connectivity index (χ1) is 8.54. The van der Waals surface area contributed by atoms with Crippen molar-refractivity contribution in [2.45, 2.75) is 20.0 Å². The normalized spacial score (nSPS) is 15.6. The lowest BCUT2D eigenvalue weighted by Crippen LogP contribution is -2.15. The number of ether oxygens (including phenoxy) is 2. The van der Waals surface area contributed by atoms with Crippen molar-refractivity contribution in [3.05, 3.63) is 36.4 Å². The second-order valence-corrected chi connectivity index (χ2v) is 4.51. The number of aliphatic hydroxyl groups is 1. The minimum absolute atomic E-state index is 0.0978. The molecule has 3 atom stereocenters. The first kappa shape index (κ1) is 14.6. The Balaban J connectivity index is 2.99. The number of rotatable bonds is 6. The molecule has 18 heavy (non-hydrogen) atoms. The summed E-state index contributed by atoms with van der Waals surface area (Å²) in [5.41, 5.74) is 0.828. The third-order valence-corrected chi connectivity index (χ3v) is 3.45. The summed E-state index contributed by atoms with van der Waals surface area (Å²) >= 11 is 0. The molecule has 3 nitrogen and oxygen atoms in total. The summed E-state index contributed by atoms with van der Waals surface area (Å²) in [4.78, 5) is 0. The van der Waals surface area contributed by atoms with Crippen LogP contribution in [0.15, 0.2) is 30.9 Å². The molecule has 0 aliphatic rings. The van der Waals surface area contributed by atoms with Crippen molar-refractivity contribution in [3.63, 3.8) is 0 Å². The highest BCUT2D eigenvalue weighted by molar-refractivity contribution is 5.43. The zero-order valence-electron chi connectivity index (χ0n) is 11.5. The molecule has 1 aromatic rings. The summed E-state index contributed by atoms with van der Waals surface area (Å²) < 4.78 is 10.4. The number of allylic oxidation sites excluding steroid dienone is 1. The van der Waals surface area contributed by atoms with Gasteiger partial charge in [-0.05, 0) is 29.5 Å². The highest BCUT2D eigenvalue weighted by Gasteiger charge is 2.21. The maximum atomic E-state index is 10.3. The van der Waals surface area contributed by atoms with E-state index in [1.54, 1.807) is 14.2 Å². The minimum Gasteiger partial charge on any atom is -0.493 e. The molecule has 0 aliphatic heterocycles. The van der Waals surface area contributed by atoms with Gasteiger partial charge in [0.2, 0.25) is 0 Å². The van der Waals surface area contributed by atoms with E-state index in [0.717, 1.165) is 5.56 Å². The van der Waals surface area contributed by atoms with Crippen LogP contribution in [0.2, 0.25) is 0 Å². The maximum Gasteiger partial charge on any atom is 0.161 e. The molecule has 0 fully saturated rings. The molecule has 0 aliphatic carbocycles. The SMILES string of the molecule is C=C[C@H](C)[C@@H](C)[C@@H](O)c1ccc(OC)c(OC)c1. The van der Waals surface area contributed by atoms with Crippen LogP contribution in [0.4, 0.5) is 0 Å². The van der Waals surface area contributed by atoms with Crippen molar-refractivity contribution >= 4 is 0 Å². The molecule has 1 aromatic carbocycles. The Morgan fingerprint density at radius 1 is 1.17 bits per heavy atom. The Hall–Kier alpha value is -1.48. The van der Waals surface area contributed by atoms with Crippen LogP contribution in [0.25, 0.3) is 0 Å². The molecule has 100 valence electrons. The fraction of sp³-hybridized carbons (Fsp3) is 0.467. The molecular weight excluding hydrogens is 228 g/mol. The Labute approximate surface area is 109 Å². The molecule has 0 unspecified atom stereocenters. The van der Waals surface area contributed by atoms with Crippen molar-refractivity contribution in [2.75, 3.05) is 14.2 Å².